The number of H-pyrrole nitrogens is 1. The van der Waals surface area contributed by atoms with Gasteiger partial charge in [0.1, 0.15) is 5.60 Å². The van der Waals surface area contributed by atoms with Gasteiger partial charge in [-0.05, 0) is 84.5 Å². The van der Waals surface area contributed by atoms with Gasteiger partial charge in [0.15, 0.2) is 0 Å². The topological polar surface area (TPSA) is 63.8 Å². The Morgan fingerprint density at radius 1 is 1.06 bits per heavy atom. The maximum absolute atomic E-state index is 12.6. The smallest absolute Gasteiger partial charge is 0.444 e. The summed E-state index contributed by atoms with van der Waals surface area (Å²) in [5, 5.41) is 0. The Balaban J connectivity index is 1.48. The molecule has 0 unspecified atom stereocenters. The number of benzene rings is 1. The Morgan fingerprint density at radius 3 is 2.28 bits per heavy atom. The van der Waals surface area contributed by atoms with Crippen molar-refractivity contribution in [2.45, 2.75) is 84.2 Å². The average Bonchev–Trinajstić information content (AvgIpc) is 3.38. The number of aromatic nitrogens is 1. The van der Waals surface area contributed by atoms with Gasteiger partial charge in [-0.2, -0.15) is 0 Å². The summed E-state index contributed by atoms with van der Waals surface area (Å²) in [6.45, 7) is 14.7. The van der Waals surface area contributed by atoms with Gasteiger partial charge in [-0.25, -0.2) is 4.79 Å². The number of likely N-dealkylation sites (tertiary alicyclic amines) is 1. The number of nitrogens with one attached hydrogen (secondary N) is 1. The molecular formula is C25H35BN2O4. The van der Waals surface area contributed by atoms with E-state index in [9.17, 15) is 4.79 Å². The van der Waals surface area contributed by atoms with Crippen molar-refractivity contribution < 1.29 is 18.8 Å². The first-order valence-corrected chi connectivity index (χ1v) is 11.5. The summed E-state index contributed by atoms with van der Waals surface area (Å²) in [6.07, 6.45) is 1.66. The Morgan fingerprint density at radius 2 is 1.69 bits per heavy atom. The van der Waals surface area contributed by atoms with E-state index >= 15 is 0 Å². The van der Waals surface area contributed by atoms with Gasteiger partial charge in [-0.15, -0.1) is 0 Å². The number of carbonyl (C=O) groups is 1. The van der Waals surface area contributed by atoms with Crippen molar-refractivity contribution in [2.75, 3.05) is 6.54 Å². The molecule has 1 amide bonds. The van der Waals surface area contributed by atoms with E-state index in [1.54, 1.807) is 0 Å². The number of nitrogens with zero attached hydrogens (tertiary/aromatic N) is 1. The van der Waals surface area contributed by atoms with Gasteiger partial charge in [0, 0.05) is 17.9 Å². The number of ether oxygens (including phenoxy) is 1. The molecule has 172 valence electrons. The van der Waals surface area contributed by atoms with Crippen LogP contribution in [-0.2, 0) is 14.0 Å². The maximum Gasteiger partial charge on any atom is 0.494 e. The molecule has 2 aromatic rings. The lowest BCUT2D eigenvalue weighted by atomic mass is 9.79. The number of carbonyl (C=O) groups excluding carboxylic acids is 1. The Labute approximate surface area is 191 Å². The zero-order valence-corrected chi connectivity index (χ0v) is 20.3. The first-order chi connectivity index (χ1) is 14.9. The van der Waals surface area contributed by atoms with Crippen LogP contribution in [0.1, 0.15) is 73.0 Å². The summed E-state index contributed by atoms with van der Waals surface area (Å²) in [5.74, 6) is 0. The molecule has 2 fully saturated rings. The fourth-order valence-corrected chi connectivity index (χ4v) is 4.20. The molecule has 1 aromatic carbocycles. The van der Waals surface area contributed by atoms with Crippen LogP contribution in [0.4, 0.5) is 4.79 Å². The number of hydrogen-bond acceptors (Lipinski definition) is 4. The second kappa shape index (κ2) is 7.96. The summed E-state index contributed by atoms with van der Waals surface area (Å²) in [6, 6.07) is 12.4. The van der Waals surface area contributed by atoms with E-state index in [-0.39, 0.29) is 30.5 Å². The van der Waals surface area contributed by atoms with Crippen molar-refractivity contribution in [2.24, 2.45) is 0 Å². The molecule has 0 radical (unpaired) electrons. The van der Waals surface area contributed by atoms with Crippen molar-refractivity contribution in [3.05, 3.63) is 42.1 Å². The minimum absolute atomic E-state index is 0.0163. The lowest BCUT2D eigenvalue weighted by molar-refractivity contribution is 0.00578. The quantitative estimate of drug-likeness (QED) is 0.681. The minimum Gasteiger partial charge on any atom is -0.444 e. The van der Waals surface area contributed by atoms with Crippen molar-refractivity contribution in [1.82, 2.24) is 9.88 Å². The highest BCUT2D eigenvalue weighted by Crippen LogP contribution is 2.37. The molecule has 32 heavy (non-hydrogen) atoms. The molecule has 0 saturated carbocycles. The largest absolute Gasteiger partial charge is 0.494 e. The Bertz CT molecular complexity index is 959. The molecule has 4 rings (SSSR count). The third-order valence-corrected chi connectivity index (χ3v) is 6.70. The van der Waals surface area contributed by atoms with E-state index in [1.807, 2.05) is 25.7 Å². The Kier molecular flexibility index (Phi) is 5.70. The van der Waals surface area contributed by atoms with Gasteiger partial charge < -0.3 is 19.0 Å². The van der Waals surface area contributed by atoms with Gasteiger partial charge in [0.2, 0.25) is 0 Å². The lowest BCUT2D eigenvalue weighted by Crippen LogP contribution is -2.41. The van der Waals surface area contributed by atoms with Crippen LogP contribution in [0, 0.1) is 0 Å². The zero-order chi connectivity index (χ0) is 23.3. The molecular weight excluding hydrogens is 403 g/mol. The molecule has 3 heterocycles. The third kappa shape index (κ3) is 4.46. The van der Waals surface area contributed by atoms with Crippen molar-refractivity contribution in [1.29, 1.82) is 0 Å². The van der Waals surface area contributed by atoms with E-state index in [0.29, 0.717) is 0 Å². The van der Waals surface area contributed by atoms with Crippen LogP contribution in [-0.4, -0.2) is 46.4 Å². The molecule has 0 bridgehead atoms. The summed E-state index contributed by atoms with van der Waals surface area (Å²) in [5.41, 5.74) is 2.95. The Hall–Kier alpha value is -2.25. The SMILES string of the molecule is CC(C)(C)OC(=O)N1CCC[C@H]1c1ccc(-c2ccc(B3OC(C)(C)C(C)(C)O3)cc2)[nH]1. The minimum atomic E-state index is -0.496. The summed E-state index contributed by atoms with van der Waals surface area (Å²) >= 11 is 0. The predicted molar refractivity (Wildman–Crippen MR) is 127 cm³/mol. The summed E-state index contributed by atoms with van der Waals surface area (Å²) in [4.78, 5) is 18.0. The van der Waals surface area contributed by atoms with Gasteiger partial charge in [0.25, 0.3) is 0 Å². The number of aromatic amines is 1. The van der Waals surface area contributed by atoms with Gasteiger partial charge in [-0.3, -0.25) is 4.90 Å². The first-order valence-electron chi connectivity index (χ1n) is 11.5. The van der Waals surface area contributed by atoms with Crippen LogP contribution in [0.25, 0.3) is 11.3 Å². The predicted octanol–water partition coefficient (Wildman–Crippen LogP) is 5.05. The molecule has 1 atom stereocenters. The van der Waals surface area contributed by atoms with Crippen LogP contribution >= 0.6 is 0 Å². The van der Waals surface area contributed by atoms with Crippen molar-refractivity contribution >= 4 is 18.7 Å². The van der Waals surface area contributed by atoms with E-state index in [4.69, 9.17) is 14.0 Å². The summed E-state index contributed by atoms with van der Waals surface area (Å²) < 4.78 is 17.9. The average molecular weight is 438 g/mol. The molecule has 0 spiro atoms. The van der Waals surface area contributed by atoms with E-state index in [1.165, 1.54) is 0 Å². The number of hydrogen-bond donors (Lipinski definition) is 1. The summed E-state index contributed by atoms with van der Waals surface area (Å²) in [7, 11) is -0.367. The van der Waals surface area contributed by atoms with Gasteiger partial charge in [0.05, 0.1) is 17.2 Å². The molecule has 2 aliphatic heterocycles. The standard InChI is InChI=1S/C25H35BN2O4/c1-23(2,3)30-22(29)28-16-8-9-21(28)20-15-14-19(27-20)17-10-12-18(13-11-17)26-31-24(4,5)25(6,7)32-26/h10-15,21,27H,8-9,16H2,1-7H3/t21-/m0/s1. The molecule has 2 saturated heterocycles. The first kappa shape index (κ1) is 22.9. The fraction of sp³-hybridized carbons (Fsp3) is 0.560. The van der Waals surface area contributed by atoms with Crippen LogP contribution in [0.15, 0.2) is 36.4 Å². The highest BCUT2D eigenvalue weighted by Gasteiger charge is 2.51. The van der Waals surface area contributed by atoms with Crippen LogP contribution in [0.5, 0.6) is 0 Å². The molecule has 1 aromatic heterocycles. The van der Waals surface area contributed by atoms with Crippen molar-refractivity contribution in [3.8, 4) is 11.3 Å². The van der Waals surface area contributed by atoms with E-state index in [0.717, 1.165) is 41.8 Å². The highest BCUT2D eigenvalue weighted by molar-refractivity contribution is 6.62. The third-order valence-electron chi connectivity index (χ3n) is 6.70. The molecule has 6 nitrogen and oxygen atoms in total. The highest BCUT2D eigenvalue weighted by atomic mass is 16.7. The normalized spacial score (nSPS) is 22.4. The van der Waals surface area contributed by atoms with Crippen LogP contribution in [0.3, 0.4) is 0 Å². The van der Waals surface area contributed by atoms with E-state index in [2.05, 4.69) is 69.1 Å². The van der Waals surface area contributed by atoms with Gasteiger partial charge in [-0.1, -0.05) is 24.3 Å². The number of amides is 1. The molecule has 7 heteroatoms. The van der Waals surface area contributed by atoms with Crippen molar-refractivity contribution in [3.63, 3.8) is 0 Å². The second-order valence-corrected chi connectivity index (χ2v) is 10.9. The lowest BCUT2D eigenvalue weighted by Gasteiger charge is -2.32. The molecule has 1 N–H and O–H groups in total. The zero-order valence-electron chi connectivity index (χ0n) is 20.3. The second-order valence-electron chi connectivity index (χ2n) is 10.9. The van der Waals surface area contributed by atoms with Gasteiger partial charge >= 0.3 is 13.2 Å². The van der Waals surface area contributed by atoms with E-state index < -0.39 is 5.60 Å². The molecule has 0 aliphatic carbocycles. The monoisotopic (exact) mass is 438 g/mol. The van der Waals surface area contributed by atoms with Crippen LogP contribution in [0.2, 0.25) is 0 Å². The molecule has 2 aliphatic rings. The fourth-order valence-electron chi connectivity index (χ4n) is 4.20. The number of rotatable bonds is 3. The van der Waals surface area contributed by atoms with Crippen LogP contribution < -0.4 is 5.46 Å². The maximum atomic E-state index is 12.6.